The molecule has 0 saturated carbocycles. The maximum atomic E-state index is 11.4. The lowest BCUT2D eigenvalue weighted by molar-refractivity contribution is 0.144. The zero-order valence-electron chi connectivity index (χ0n) is 13.2. The van der Waals surface area contributed by atoms with Crippen LogP contribution in [0.25, 0.3) is 0 Å². The second kappa shape index (κ2) is 10.5. The highest BCUT2D eigenvalue weighted by Crippen LogP contribution is 2.11. The number of nitrogens with one attached hydrogen (secondary N) is 2. The Morgan fingerprint density at radius 3 is 2.68 bits per heavy atom. The Balaban J connectivity index is 2.34. The molecule has 1 aromatic rings. The zero-order chi connectivity index (χ0) is 16.2. The van der Waals surface area contributed by atoms with Gasteiger partial charge in [-0.2, -0.15) is 0 Å². The van der Waals surface area contributed by atoms with Crippen LogP contribution in [0.15, 0.2) is 24.3 Å². The highest BCUT2D eigenvalue weighted by molar-refractivity contribution is 5.84. The number of benzene rings is 1. The number of ether oxygens (including phenoxy) is 2. The molecule has 0 aliphatic carbocycles. The summed E-state index contributed by atoms with van der Waals surface area (Å²) >= 11 is 0. The Hall–Kier alpha value is -2.24. The van der Waals surface area contributed by atoms with Crippen molar-refractivity contribution in [2.24, 2.45) is 0 Å². The summed E-state index contributed by atoms with van der Waals surface area (Å²) in [5.41, 5.74) is 1.67. The van der Waals surface area contributed by atoms with Gasteiger partial charge in [-0.15, -0.1) is 0 Å². The van der Waals surface area contributed by atoms with Crippen molar-refractivity contribution >= 4 is 17.9 Å². The topological polar surface area (TPSA) is 76.7 Å². The van der Waals surface area contributed by atoms with E-state index in [-0.39, 0.29) is 0 Å². The van der Waals surface area contributed by atoms with Crippen molar-refractivity contribution in [3.05, 3.63) is 29.8 Å². The van der Waals surface area contributed by atoms with Gasteiger partial charge in [0.05, 0.1) is 13.2 Å². The lowest BCUT2D eigenvalue weighted by Crippen LogP contribution is -2.26. The van der Waals surface area contributed by atoms with E-state index in [1.54, 1.807) is 13.0 Å². The van der Waals surface area contributed by atoms with Gasteiger partial charge in [-0.1, -0.05) is 25.5 Å². The van der Waals surface area contributed by atoms with Crippen LogP contribution in [-0.4, -0.2) is 31.9 Å². The van der Waals surface area contributed by atoms with Gasteiger partial charge in [0.15, 0.2) is 0 Å². The molecule has 0 atom stereocenters. The fourth-order valence-electron chi connectivity index (χ4n) is 1.76. The van der Waals surface area contributed by atoms with Crippen molar-refractivity contribution < 1.29 is 19.1 Å². The number of anilines is 1. The number of hydrogen-bond donors (Lipinski definition) is 2. The summed E-state index contributed by atoms with van der Waals surface area (Å²) in [4.78, 5) is 22.7. The van der Waals surface area contributed by atoms with Gasteiger partial charge in [0.25, 0.3) is 0 Å². The van der Waals surface area contributed by atoms with E-state index in [1.165, 1.54) is 0 Å². The maximum Gasteiger partial charge on any atom is 0.411 e. The molecule has 1 rings (SSSR count). The number of unbranched alkanes of at least 4 members (excludes halogenated alkanes) is 1. The van der Waals surface area contributed by atoms with Crippen molar-refractivity contribution in [1.82, 2.24) is 5.32 Å². The minimum Gasteiger partial charge on any atom is -0.450 e. The SMILES string of the molecule is CCCCOC(=O)NCCc1cccc(NC(=O)OCC)c1. The smallest absolute Gasteiger partial charge is 0.411 e. The molecule has 0 heterocycles. The van der Waals surface area contributed by atoms with Gasteiger partial charge in [0.2, 0.25) is 0 Å². The lowest BCUT2D eigenvalue weighted by atomic mass is 10.1. The summed E-state index contributed by atoms with van der Waals surface area (Å²) in [5.74, 6) is 0. The van der Waals surface area contributed by atoms with Gasteiger partial charge in [-0.05, 0) is 37.5 Å². The monoisotopic (exact) mass is 308 g/mol. The quantitative estimate of drug-likeness (QED) is 0.722. The Bertz CT molecular complexity index is 477. The van der Waals surface area contributed by atoms with Crippen molar-refractivity contribution in [2.75, 3.05) is 25.1 Å². The molecule has 0 fully saturated rings. The molecule has 0 spiro atoms. The van der Waals surface area contributed by atoms with Gasteiger partial charge >= 0.3 is 12.2 Å². The minimum atomic E-state index is -0.475. The molecule has 0 aromatic heterocycles. The fourth-order valence-corrected chi connectivity index (χ4v) is 1.76. The second-order valence-corrected chi connectivity index (χ2v) is 4.71. The molecular weight excluding hydrogens is 284 g/mol. The van der Waals surface area contributed by atoms with Crippen LogP contribution in [0.4, 0.5) is 15.3 Å². The maximum absolute atomic E-state index is 11.4. The van der Waals surface area contributed by atoms with Crippen LogP contribution in [0.2, 0.25) is 0 Å². The van der Waals surface area contributed by atoms with Crippen molar-refractivity contribution in [1.29, 1.82) is 0 Å². The largest absolute Gasteiger partial charge is 0.450 e. The normalized spacial score (nSPS) is 9.91. The van der Waals surface area contributed by atoms with Gasteiger partial charge < -0.3 is 14.8 Å². The van der Waals surface area contributed by atoms with Gasteiger partial charge in [0, 0.05) is 12.2 Å². The van der Waals surface area contributed by atoms with E-state index < -0.39 is 12.2 Å². The Kier molecular flexibility index (Phi) is 8.49. The first-order valence-electron chi connectivity index (χ1n) is 7.59. The predicted octanol–water partition coefficient (Wildman–Crippen LogP) is 3.32. The standard InChI is InChI=1S/C16H24N2O4/c1-3-5-11-22-15(19)17-10-9-13-7-6-8-14(12-13)18-16(20)21-4-2/h6-8,12H,3-5,9-11H2,1-2H3,(H,17,19)(H,18,20). The highest BCUT2D eigenvalue weighted by atomic mass is 16.6. The van der Waals surface area contributed by atoms with Crippen LogP contribution in [0.1, 0.15) is 32.3 Å². The molecule has 22 heavy (non-hydrogen) atoms. The molecule has 6 heteroatoms. The molecule has 0 saturated heterocycles. The third kappa shape index (κ3) is 7.52. The van der Waals surface area contributed by atoms with Gasteiger partial charge in [-0.25, -0.2) is 9.59 Å². The lowest BCUT2D eigenvalue weighted by Gasteiger charge is -2.08. The molecule has 122 valence electrons. The molecule has 0 unspecified atom stereocenters. The Morgan fingerprint density at radius 2 is 1.95 bits per heavy atom. The molecule has 0 aliphatic rings. The number of carbonyl (C=O) groups excluding carboxylic acids is 2. The summed E-state index contributed by atoms with van der Waals surface area (Å²) in [7, 11) is 0. The first kappa shape index (κ1) is 17.8. The number of amides is 2. The molecule has 0 aliphatic heterocycles. The van der Waals surface area contributed by atoms with Crippen LogP contribution < -0.4 is 10.6 Å². The van der Waals surface area contributed by atoms with Gasteiger partial charge in [-0.3, -0.25) is 5.32 Å². The van der Waals surface area contributed by atoms with Gasteiger partial charge in [0.1, 0.15) is 0 Å². The van der Waals surface area contributed by atoms with E-state index in [0.29, 0.717) is 31.9 Å². The summed E-state index contributed by atoms with van der Waals surface area (Å²) in [6.45, 7) is 5.05. The minimum absolute atomic E-state index is 0.329. The number of hydrogen-bond acceptors (Lipinski definition) is 4. The van der Waals surface area contributed by atoms with Crippen LogP contribution in [0.3, 0.4) is 0 Å². The van der Waals surface area contributed by atoms with Crippen LogP contribution in [0, 0.1) is 0 Å². The predicted molar refractivity (Wildman–Crippen MR) is 85.0 cm³/mol. The molecular formula is C16H24N2O4. The van der Waals surface area contributed by atoms with Crippen molar-refractivity contribution in [3.63, 3.8) is 0 Å². The third-order valence-electron chi connectivity index (χ3n) is 2.86. The van der Waals surface area contributed by atoms with E-state index in [1.807, 2.05) is 25.1 Å². The summed E-state index contributed by atoms with van der Waals surface area (Å²) < 4.78 is 9.82. The van der Waals surface area contributed by atoms with E-state index >= 15 is 0 Å². The second-order valence-electron chi connectivity index (χ2n) is 4.71. The Morgan fingerprint density at radius 1 is 1.14 bits per heavy atom. The van der Waals surface area contributed by atoms with E-state index in [9.17, 15) is 9.59 Å². The summed E-state index contributed by atoms with van der Waals surface area (Å²) in [6, 6.07) is 7.41. The summed E-state index contributed by atoms with van der Waals surface area (Å²) in [6.07, 6.45) is 1.65. The van der Waals surface area contributed by atoms with E-state index in [4.69, 9.17) is 9.47 Å². The molecule has 0 radical (unpaired) electrons. The van der Waals surface area contributed by atoms with Crippen molar-refractivity contribution in [3.8, 4) is 0 Å². The molecule has 1 aromatic carbocycles. The number of rotatable bonds is 8. The average molecular weight is 308 g/mol. The Labute approximate surface area is 131 Å². The highest BCUT2D eigenvalue weighted by Gasteiger charge is 2.04. The number of alkyl carbamates (subject to hydrolysis) is 1. The fraction of sp³-hybridized carbons (Fsp3) is 0.500. The molecule has 2 amide bonds. The van der Waals surface area contributed by atoms with Crippen LogP contribution in [0.5, 0.6) is 0 Å². The first-order chi connectivity index (χ1) is 10.7. The average Bonchev–Trinajstić information content (AvgIpc) is 2.48. The van der Waals surface area contributed by atoms with Crippen LogP contribution >= 0.6 is 0 Å². The third-order valence-corrected chi connectivity index (χ3v) is 2.86. The van der Waals surface area contributed by atoms with Crippen LogP contribution in [-0.2, 0) is 15.9 Å². The van der Waals surface area contributed by atoms with E-state index in [2.05, 4.69) is 10.6 Å². The van der Waals surface area contributed by atoms with E-state index in [0.717, 1.165) is 18.4 Å². The summed E-state index contributed by atoms with van der Waals surface area (Å²) in [5, 5.41) is 5.34. The number of carbonyl (C=O) groups is 2. The molecule has 6 nitrogen and oxygen atoms in total. The van der Waals surface area contributed by atoms with Crippen molar-refractivity contribution in [2.45, 2.75) is 33.1 Å². The molecule has 0 bridgehead atoms. The zero-order valence-corrected chi connectivity index (χ0v) is 13.2. The first-order valence-corrected chi connectivity index (χ1v) is 7.59. The molecule has 2 N–H and O–H groups in total.